The lowest BCUT2D eigenvalue weighted by Crippen LogP contribution is -2.40. The Morgan fingerprint density at radius 1 is 0.829 bits per heavy atom. The van der Waals surface area contributed by atoms with E-state index in [1.54, 1.807) is 42.5 Å². The van der Waals surface area contributed by atoms with Crippen LogP contribution in [0.2, 0.25) is 0 Å². The number of hydrogen-bond donors (Lipinski definition) is 1. The van der Waals surface area contributed by atoms with Gasteiger partial charge in [-0.25, -0.2) is 5.01 Å². The lowest BCUT2D eigenvalue weighted by atomic mass is 10.1. The van der Waals surface area contributed by atoms with Gasteiger partial charge in [-0.15, -0.1) is 0 Å². The first-order chi connectivity index (χ1) is 20.1. The number of nitrogens with one attached hydrogen (secondary N) is 1. The van der Waals surface area contributed by atoms with Crippen LogP contribution in [0.5, 0.6) is 17.5 Å². The fourth-order valence-electron chi connectivity index (χ4n) is 4.63. The molecule has 212 valence electrons. The lowest BCUT2D eigenvalue weighted by molar-refractivity contribution is -0.117. The van der Waals surface area contributed by atoms with E-state index in [4.69, 9.17) is 23.9 Å². The highest BCUT2D eigenvalue weighted by molar-refractivity contribution is 6.31. The van der Waals surface area contributed by atoms with Crippen molar-refractivity contribution in [2.75, 3.05) is 74.5 Å². The molecular formula is C28H29N7O6. The van der Waals surface area contributed by atoms with Gasteiger partial charge in [0.2, 0.25) is 11.9 Å². The van der Waals surface area contributed by atoms with E-state index < -0.39 is 11.8 Å². The zero-order valence-electron chi connectivity index (χ0n) is 22.5. The molecule has 0 unspecified atom stereocenters. The van der Waals surface area contributed by atoms with Crippen LogP contribution in [0.3, 0.4) is 0 Å². The Balaban J connectivity index is 1.27. The molecule has 2 aromatic carbocycles. The van der Waals surface area contributed by atoms with Crippen molar-refractivity contribution in [3.8, 4) is 17.5 Å². The van der Waals surface area contributed by atoms with E-state index in [0.717, 1.165) is 0 Å². The third-order valence-corrected chi connectivity index (χ3v) is 6.78. The average molecular weight is 560 g/mol. The minimum Gasteiger partial charge on any atom is -0.493 e. The number of carbonyl (C=O) groups is 2. The molecule has 0 saturated carbocycles. The van der Waals surface area contributed by atoms with Crippen LogP contribution >= 0.6 is 0 Å². The topological polar surface area (TPSA) is 131 Å². The molecule has 1 N–H and O–H groups in total. The van der Waals surface area contributed by atoms with E-state index in [1.165, 1.54) is 18.2 Å². The molecule has 41 heavy (non-hydrogen) atoms. The maximum Gasteiger partial charge on any atom is 0.328 e. The Morgan fingerprint density at radius 3 is 2.07 bits per heavy atom. The van der Waals surface area contributed by atoms with Gasteiger partial charge in [-0.05, 0) is 35.9 Å². The summed E-state index contributed by atoms with van der Waals surface area (Å²) in [5.74, 6) is 0.829. The molecular weight excluding hydrogens is 530 g/mol. The Hall–Kier alpha value is -4.75. The molecule has 3 fully saturated rings. The van der Waals surface area contributed by atoms with Crippen LogP contribution in [0, 0.1) is 0 Å². The summed E-state index contributed by atoms with van der Waals surface area (Å²) in [5, 5.41) is 1.22. The number of nitrogens with zero attached hydrogens (tertiary/aromatic N) is 6. The maximum absolute atomic E-state index is 13.0. The number of aromatic nitrogens is 3. The first-order valence-electron chi connectivity index (χ1n) is 13.3. The van der Waals surface area contributed by atoms with E-state index in [9.17, 15) is 9.59 Å². The van der Waals surface area contributed by atoms with Crippen molar-refractivity contribution < 1.29 is 28.5 Å². The summed E-state index contributed by atoms with van der Waals surface area (Å²) in [7, 11) is 1.51. The Bertz CT molecular complexity index is 1420. The number of hydrogen-bond acceptors (Lipinski definition) is 11. The molecule has 3 aromatic rings. The number of para-hydroxylation sites is 1. The largest absolute Gasteiger partial charge is 0.493 e. The Kier molecular flexibility index (Phi) is 7.60. The summed E-state index contributed by atoms with van der Waals surface area (Å²) in [6.07, 6.45) is 1.52. The highest BCUT2D eigenvalue weighted by Gasteiger charge is 2.34. The Labute approximate surface area is 236 Å². The minimum atomic E-state index is -0.491. The van der Waals surface area contributed by atoms with Crippen molar-refractivity contribution in [2.24, 2.45) is 0 Å². The van der Waals surface area contributed by atoms with Crippen LogP contribution in [0.1, 0.15) is 5.56 Å². The van der Waals surface area contributed by atoms with Gasteiger partial charge in [-0.2, -0.15) is 15.0 Å². The minimum absolute atomic E-state index is 0.00680. The molecule has 13 nitrogen and oxygen atoms in total. The molecule has 1 aromatic heterocycles. The average Bonchev–Trinajstić information content (AvgIpc) is 3.31. The number of rotatable bonds is 7. The van der Waals surface area contributed by atoms with Crippen molar-refractivity contribution in [1.82, 2.24) is 20.4 Å². The second-order valence-corrected chi connectivity index (χ2v) is 9.40. The van der Waals surface area contributed by atoms with Gasteiger partial charge in [0.25, 0.3) is 11.8 Å². The second kappa shape index (κ2) is 11.8. The number of ether oxygens (including phenoxy) is 4. The molecule has 0 bridgehead atoms. The molecule has 2 amide bonds. The summed E-state index contributed by atoms with van der Waals surface area (Å²) in [6, 6.07) is 14.1. The van der Waals surface area contributed by atoms with E-state index in [1.807, 2.05) is 15.9 Å². The van der Waals surface area contributed by atoms with Crippen LogP contribution in [-0.4, -0.2) is 86.5 Å². The monoisotopic (exact) mass is 559 g/mol. The Morgan fingerprint density at radius 2 is 1.46 bits per heavy atom. The molecule has 4 heterocycles. The zero-order chi connectivity index (χ0) is 28.2. The molecule has 13 heteroatoms. The molecule has 3 aliphatic heterocycles. The number of amides is 2. The summed E-state index contributed by atoms with van der Waals surface area (Å²) in [4.78, 5) is 43.5. The first-order valence-corrected chi connectivity index (χ1v) is 13.3. The van der Waals surface area contributed by atoms with Gasteiger partial charge in [-0.3, -0.25) is 15.0 Å². The molecule has 0 radical (unpaired) electrons. The first kappa shape index (κ1) is 26.5. The van der Waals surface area contributed by atoms with Crippen molar-refractivity contribution in [2.45, 2.75) is 0 Å². The number of methoxy groups -OCH3 is 1. The standard InChI is InChI=1S/C28H29N7O6/c1-38-23-18-19(17-21-24(36)32-35(25(21)37)20-5-3-2-4-6-20)7-8-22(23)41-28-30-26(33-9-13-39-14-10-33)29-27(31-28)34-11-15-40-16-12-34/h2-8,17-18H,9-16H2,1H3,(H,32,36)/b21-17-. The molecule has 3 saturated heterocycles. The third kappa shape index (κ3) is 5.76. The summed E-state index contributed by atoms with van der Waals surface area (Å²) in [6.45, 7) is 4.98. The van der Waals surface area contributed by atoms with Crippen LogP contribution < -0.4 is 29.7 Å². The van der Waals surface area contributed by atoms with Gasteiger partial charge >= 0.3 is 6.01 Å². The second-order valence-electron chi connectivity index (χ2n) is 9.40. The molecule has 6 rings (SSSR count). The quantitative estimate of drug-likeness (QED) is 0.336. The normalized spacial score (nSPS) is 18.6. The lowest BCUT2D eigenvalue weighted by Gasteiger charge is -2.30. The number of carbonyl (C=O) groups excluding carboxylic acids is 2. The van der Waals surface area contributed by atoms with Gasteiger partial charge in [0.15, 0.2) is 11.5 Å². The fraction of sp³-hybridized carbons (Fsp3) is 0.321. The smallest absolute Gasteiger partial charge is 0.328 e. The van der Waals surface area contributed by atoms with Gasteiger partial charge in [0, 0.05) is 26.2 Å². The number of morpholine rings is 2. The third-order valence-electron chi connectivity index (χ3n) is 6.78. The van der Waals surface area contributed by atoms with Crippen LogP contribution in [0.25, 0.3) is 6.08 Å². The predicted octanol–water partition coefficient (Wildman–Crippen LogP) is 1.81. The number of anilines is 3. The highest BCUT2D eigenvalue weighted by Crippen LogP contribution is 2.33. The number of hydrazine groups is 1. The molecule has 0 spiro atoms. The van der Waals surface area contributed by atoms with E-state index in [0.29, 0.717) is 87.3 Å². The van der Waals surface area contributed by atoms with Crippen LogP contribution in [-0.2, 0) is 19.1 Å². The summed E-state index contributed by atoms with van der Waals surface area (Å²) in [5.41, 5.74) is 3.76. The summed E-state index contributed by atoms with van der Waals surface area (Å²) < 4.78 is 22.7. The van der Waals surface area contributed by atoms with Crippen LogP contribution in [0.4, 0.5) is 17.6 Å². The van der Waals surface area contributed by atoms with Gasteiger partial charge in [-0.1, -0.05) is 24.3 Å². The number of benzene rings is 2. The van der Waals surface area contributed by atoms with Gasteiger partial charge in [0.05, 0.1) is 39.2 Å². The molecule has 3 aliphatic rings. The molecule has 0 aliphatic carbocycles. The SMILES string of the molecule is COc1cc(/C=C2/C(=O)NN(c3ccccc3)C2=O)ccc1Oc1nc(N2CCOCC2)nc(N2CCOCC2)n1. The van der Waals surface area contributed by atoms with E-state index >= 15 is 0 Å². The van der Waals surface area contributed by atoms with Gasteiger partial charge < -0.3 is 28.7 Å². The van der Waals surface area contributed by atoms with Crippen molar-refractivity contribution in [1.29, 1.82) is 0 Å². The van der Waals surface area contributed by atoms with E-state index in [-0.39, 0.29) is 11.6 Å². The fourth-order valence-corrected chi connectivity index (χ4v) is 4.63. The van der Waals surface area contributed by atoms with Crippen molar-refractivity contribution >= 4 is 35.5 Å². The zero-order valence-corrected chi connectivity index (χ0v) is 22.5. The molecule has 0 atom stereocenters. The van der Waals surface area contributed by atoms with Crippen LogP contribution in [0.15, 0.2) is 54.1 Å². The highest BCUT2D eigenvalue weighted by atomic mass is 16.5. The van der Waals surface area contributed by atoms with Gasteiger partial charge in [0.1, 0.15) is 5.57 Å². The predicted molar refractivity (Wildman–Crippen MR) is 149 cm³/mol. The summed E-state index contributed by atoms with van der Waals surface area (Å²) >= 11 is 0. The van der Waals surface area contributed by atoms with E-state index in [2.05, 4.69) is 15.4 Å². The van der Waals surface area contributed by atoms with Crippen molar-refractivity contribution in [3.05, 3.63) is 59.7 Å². The maximum atomic E-state index is 13.0. The van der Waals surface area contributed by atoms with Crippen molar-refractivity contribution in [3.63, 3.8) is 0 Å².